The van der Waals surface area contributed by atoms with Gasteiger partial charge in [-0.25, -0.2) is 0 Å². The highest BCUT2D eigenvalue weighted by molar-refractivity contribution is 7.15. The van der Waals surface area contributed by atoms with Crippen LogP contribution in [0.4, 0.5) is 0 Å². The Balaban J connectivity index is 1.66. The summed E-state index contributed by atoms with van der Waals surface area (Å²) < 4.78 is 0. The molecule has 0 unspecified atom stereocenters. The molecule has 5 nitrogen and oxygen atoms in total. The summed E-state index contributed by atoms with van der Waals surface area (Å²) in [6.07, 6.45) is 4.60. The molecule has 2 amide bonds. The molecule has 0 aliphatic carbocycles. The molecule has 114 valence electrons. The normalized spacial score (nSPS) is 21.9. The van der Waals surface area contributed by atoms with Crippen molar-refractivity contribution in [2.75, 3.05) is 26.7 Å². The molecule has 0 aromatic carbocycles. The Hall–Kier alpha value is -1.40. The van der Waals surface area contributed by atoms with E-state index in [1.807, 2.05) is 4.90 Å². The number of piperidine rings is 1. The van der Waals surface area contributed by atoms with Gasteiger partial charge in [0.1, 0.15) is 0 Å². The second-order valence-corrected chi connectivity index (χ2v) is 7.15. The molecule has 2 aliphatic rings. The lowest BCUT2D eigenvalue weighted by molar-refractivity contribution is 0.0496. The van der Waals surface area contributed by atoms with Crippen molar-refractivity contribution >= 4 is 23.2 Å². The molecule has 0 bridgehead atoms. The Morgan fingerprint density at radius 2 is 1.81 bits per heavy atom. The molecule has 2 fully saturated rings. The van der Waals surface area contributed by atoms with Crippen LogP contribution in [0.15, 0.2) is 12.1 Å². The summed E-state index contributed by atoms with van der Waals surface area (Å²) in [5, 5.41) is 0. The zero-order chi connectivity index (χ0) is 15.0. The molecular weight excluding hydrogens is 286 g/mol. The number of rotatable bonds is 2. The Labute approximate surface area is 128 Å². The van der Waals surface area contributed by atoms with E-state index in [9.17, 15) is 9.59 Å². The third-order valence-corrected chi connectivity index (χ3v) is 6.07. The number of amides is 2. The molecule has 21 heavy (non-hydrogen) atoms. The van der Waals surface area contributed by atoms with E-state index in [2.05, 4.69) is 11.9 Å². The maximum absolute atomic E-state index is 12.5. The third kappa shape index (κ3) is 2.58. The van der Waals surface area contributed by atoms with Crippen molar-refractivity contribution in [1.29, 1.82) is 0 Å². The average Bonchev–Trinajstić information content (AvgIpc) is 3.08. The van der Waals surface area contributed by atoms with Gasteiger partial charge in [0.15, 0.2) is 0 Å². The van der Waals surface area contributed by atoms with Gasteiger partial charge in [0.2, 0.25) is 0 Å². The fourth-order valence-corrected chi connectivity index (χ4v) is 4.40. The summed E-state index contributed by atoms with van der Waals surface area (Å²) in [7, 11) is 2.20. The van der Waals surface area contributed by atoms with Crippen molar-refractivity contribution in [2.24, 2.45) is 5.73 Å². The molecule has 0 saturated carbocycles. The summed E-state index contributed by atoms with van der Waals surface area (Å²) >= 11 is 1.19. The summed E-state index contributed by atoms with van der Waals surface area (Å²) in [6, 6.07) is 3.34. The van der Waals surface area contributed by atoms with Crippen molar-refractivity contribution in [3.05, 3.63) is 21.9 Å². The van der Waals surface area contributed by atoms with Gasteiger partial charge >= 0.3 is 0 Å². The molecule has 0 radical (unpaired) electrons. The number of carbonyl (C=O) groups is 2. The Morgan fingerprint density at radius 1 is 1.14 bits per heavy atom. The van der Waals surface area contributed by atoms with E-state index in [0.29, 0.717) is 15.3 Å². The molecular formula is C15H21N3O2S. The molecule has 0 atom stereocenters. The van der Waals surface area contributed by atoms with Crippen LogP contribution in [-0.4, -0.2) is 53.8 Å². The molecule has 6 heteroatoms. The summed E-state index contributed by atoms with van der Waals surface area (Å²) in [6.45, 7) is 2.76. The predicted octanol–water partition coefficient (Wildman–Crippen LogP) is 1.55. The molecule has 2 N–H and O–H groups in total. The first-order valence-electron chi connectivity index (χ1n) is 7.42. The largest absolute Gasteiger partial charge is 0.365 e. The van der Waals surface area contributed by atoms with E-state index in [1.54, 1.807) is 12.1 Å². The van der Waals surface area contributed by atoms with E-state index in [0.717, 1.165) is 25.9 Å². The van der Waals surface area contributed by atoms with Crippen LogP contribution in [0.25, 0.3) is 0 Å². The van der Waals surface area contributed by atoms with Crippen molar-refractivity contribution in [1.82, 2.24) is 9.80 Å². The molecule has 3 heterocycles. The minimum atomic E-state index is -0.468. The first-order chi connectivity index (χ1) is 10.0. The number of primary amides is 1. The fourth-order valence-electron chi connectivity index (χ4n) is 3.57. The second kappa shape index (κ2) is 5.42. The predicted molar refractivity (Wildman–Crippen MR) is 82.6 cm³/mol. The number of likely N-dealkylation sites (tertiary alicyclic amines) is 2. The van der Waals surface area contributed by atoms with Crippen LogP contribution in [-0.2, 0) is 0 Å². The van der Waals surface area contributed by atoms with E-state index in [4.69, 9.17) is 5.73 Å². The molecule has 1 aromatic rings. The highest BCUT2D eigenvalue weighted by atomic mass is 32.1. The van der Waals surface area contributed by atoms with Gasteiger partial charge < -0.3 is 15.5 Å². The van der Waals surface area contributed by atoms with E-state index in [1.165, 1.54) is 30.7 Å². The number of nitrogens with two attached hydrogens (primary N) is 1. The topological polar surface area (TPSA) is 66.6 Å². The average molecular weight is 307 g/mol. The Morgan fingerprint density at radius 3 is 2.33 bits per heavy atom. The van der Waals surface area contributed by atoms with Crippen molar-refractivity contribution in [2.45, 2.75) is 31.2 Å². The maximum atomic E-state index is 12.5. The zero-order valence-electron chi connectivity index (χ0n) is 12.3. The van der Waals surface area contributed by atoms with Gasteiger partial charge in [-0.1, -0.05) is 0 Å². The second-order valence-electron chi connectivity index (χ2n) is 6.07. The van der Waals surface area contributed by atoms with Gasteiger partial charge in [0, 0.05) is 18.6 Å². The van der Waals surface area contributed by atoms with Crippen LogP contribution in [0, 0.1) is 0 Å². The molecule has 2 aliphatic heterocycles. The SMILES string of the molecule is CN1CCCC12CCN(C(=O)c1ccc(C(N)=O)s1)CC2. The standard InChI is InChI=1S/C15H21N3O2S/c1-17-8-2-5-15(17)6-9-18(10-7-15)14(20)12-4-3-11(21-12)13(16)19/h3-4H,2,5-10H2,1H3,(H2,16,19). The van der Waals surface area contributed by atoms with Crippen molar-refractivity contribution in [3.8, 4) is 0 Å². The minimum Gasteiger partial charge on any atom is -0.365 e. The van der Waals surface area contributed by atoms with Gasteiger partial charge in [0.05, 0.1) is 9.75 Å². The van der Waals surface area contributed by atoms with Crippen molar-refractivity contribution < 1.29 is 9.59 Å². The Kier molecular flexibility index (Phi) is 3.75. The Bertz CT molecular complexity index is 561. The minimum absolute atomic E-state index is 0.0306. The number of carbonyl (C=O) groups excluding carboxylic acids is 2. The summed E-state index contributed by atoms with van der Waals surface area (Å²) in [4.78, 5) is 29.0. The lowest BCUT2D eigenvalue weighted by atomic mass is 9.85. The third-order valence-electron chi connectivity index (χ3n) is 4.99. The van der Waals surface area contributed by atoms with Crippen LogP contribution in [0.1, 0.15) is 45.0 Å². The van der Waals surface area contributed by atoms with Crippen LogP contribution >= 0.6 is 11.3 Å². The van der Waals surface area contributed by atoms with Gasteiger partial charge in [-0.3, -0.25) is 9.59 Å². The quantitative estimate of drug-likeness (QED) is 0.901. The van der Waals surface area contributed by atoms with Crippen LogP contribution in [0.3, 0.4) is 0 Å². The highest BCUT2D eigenvalue weighted by Crippen LogP contribution is 2.37. The van der Waals surface area contributed by atoms with Gasteiger partial charge in [0.25, 0.3) is 11.8 Å². The molecule has 1 spiro atoms. The molecule has 1 aromatic heterocycles. The van der Waals surface area contributed by atoms with Gasteiger partial charge in [-0.05, 0) is 51.4 Å². The number of thiophene rings is 1. The number of hydrogen-bond acceptors (Lipinski definition) is 4. The smallest absolute Gasteiger partial charge is 0.263 e. The van der Waals surface area contributed by atoms with E-state index < -0.39 is 5.91 Å². The first kappa shape index (κ1) is 14.5. The zero-order valence-corrected chi connectivity index (χ0v) is 13.1. The highest BCUT2D eigenvalue weighted by Gasteiger charge is 2.41. The van der Waals surface area contributed by atoms with Crippen LogP contribution < -0.4 is 5.73 Å². The van der Waals surface area contributed by atoms with E-state index in [-0.39, 0.29) is 5.91 Å². The first-order valence-corrected chi connectivity index (χ1v) is 8.24. The van der Waals surface area contributed by atoms with Crippen LogP contribution in [0.2, 0.25) is 0 Å². The maximum Gasteiger partial charge on any atom is 0.263 e. The molecule has 3 rings (SSSR count). The van der Waals surface area contributed by atoms with Crippen molar-refractivity contribution in [3.63, 3.8) is 0 Å². The van der Waals surface area contributed by atoms with Gasteiger partial charge in [-0.2, -0.15) is 0 Å². The lowest BCUT2D eigenvalue weighted by Crippen LogP contribution is -2.51. The van der Waals surface area contributed by atoms with E-state index >= 15 is 0 Å². The summed E-state index contributed by atoms with van der Waals surface area (Å²) in [5.41, 5.74) is 5.55. The number of hydrogen-bond donors (Lipinski definition) is 1. The van der Waals surface area contributed by atoms with Gasteiger partial charge in [-0.15, -0.1) is 11.3 Å². The monoisotopic (exact) mass is 307 g/mol. The fraction of sp³-hybridized carbons (Fsp3) is 0.600. The molecule has 2 saturated heterocycles. The lowest BCUT2D eigenvalue weighted by Gasteiger charge is -2.43. The van der Waals surface area contributed by atoms with Crippen LogP contribution in [0.5, 0.6) is 0 Å². The summed E-state index contributed by atoms with van der Waals surface area (Å²) in [5.74, 6) is -0.438. The number of nitrogens with zero attached hydrogens (tertiary/aromatic N) is 2.